The van der Waals surface area contributed by atoms with E-state index < -0.39 is 0 Å². The van der Waals surface area contributed by atoms with Gasteiger partial charge in [0.2, 0.25) is 0 Å². The second-order valence-corrected chi connectivity index (χ2v) is 4.18. The first-order chi connectivity index (χ1) is 11.0. The van der Waals surface area contributed by atoms with Gasteiger partial charge in [-0.15, -0.1) is 0 Å². The quantitative estimate of drug-likeness (QED) is 0.709. The average molecular weight is 291 g/mol. The Labute approximate surface area is 130 Å². The molecule has 110 valence electrons. The maximum Gasteiger partial charge on any atom is 0.106 e. The largest absolute Gasteiger partial charge is 0.496 e. The van der Waals surface area contributed by atoms with E-state index in [0.717, 1.165) is 11.3 Å². The molecule has 0 amide bonds. The molecule has 0 aliphatic carbocycles. The zero-order valence-corrected chi connectivity index (χ0v) is 12.1. The molecule has 2 rings (SSSR count). The molecular formula is C18H17N3O. The van der Waals surface area contributed by atoms with E-state index in [1.165, 1.54) is 0 Å². The van der Waals surface area contributed by atoms with E-state index in [2.05, 4.69) is 15.0 Å². The Balaban J connectivity index is 2.18. The number of nitrogens with zero attached hydrogens (tertiary/aromatic N) is 3. The Hall–Kier alpha value is -3.01. The molecule has 4 heteroatoms. The van der Waals surface area contributed by atoms with Gasteiger partial charge in [0.15, 0.2) is 0 Å². The fourth-order valence-electron chi connectivity index (χ4n) is 1.60. The van der Waals surface area contributed by atoms with Crippen LogP contribution < -0.4 is 0 Å². The lowest BCUT2D eigenvalue weighted by atomic mass is 10.2. The first kappa shape index (κ1) is 15.4. The summed E-state index contributed by atoms with van der Waals surface area (Å²) >= 11 is 0. The van der Waals surface area contributed by atoms with Crippen molar-refractivity contribution in [1.29, 1.82) is 0 Å². The molecule has 0 radical (unpaired) electrons. The highest BCUT2D eigenvalue weighted by atomic mass is 16.5. The normalized spacial score (nSPS) is 15.1. The molecule has 0 bridgehead atoms. The number of hydrogen-bond donors (Lipinski definition) is 0. The molecule has 1 heterocycles. The van der Waals surface area contributed by atoms with Crippen molar-refractivity contribution in [2.75, 3.05) is 6.61 Å². The van der Waals surface area contributed by atoms with Gasteiger partial charge >= 0.3 is 0 Å². The molecule has 0 N–H and O–H groups in total. The Morgan fingerprint density at radius 1 is 0.864 bits per heavy atom. The maximum atomic E-state index is 5.24. The van der Waals surface area contributed by atoms with E-state index in [1.807, 2.05) is 42.5 Å². The molecule has 1 aliphatic rings. The molecule has 4 nitrogen and oxygen atoms in total. The first-order valence-electron chi connectivity index (χ1n) is 6.90. The fraction of sp³-hybridized carbons (Fsp3) is 0.0556. The third-order valence-electron chi connectivity index (χ3n) is 2.60. The van der Waals surface area contributed by atoms with Crippen LogP contribution >= 0.6 is 0 Å². The fourth-order valence-corrected chi connectivity index (χ4v) is 1.60. The molecule has 0 aromatic heterocycles. The van der Waals surface area contributed by atoms with Gasteiger partial charge in [0, 0.05) is 30.4 Å². The number of benzene rings is 1. The summed E-state index contributed by atoms with van der Waals surface area (Å²) < 4.78 is 5.24. The summed E-state index contributed by atoms with van der Waals surface area (Å²) in [4.78, 5) is 12.6. The van der Waals surface area contributed by atoms with E-state index in [0.29, 0.717) is 6.61 Å². The van der Waals surface area contributed by atoms with Crippen LogP contribution in [0.4, 0.5) is 5.69 Å². The van der Waals surface area contributed by atoms with Crippen LogP contribution in [0.15, 0.2) is 82.2 Å². The van der Waals surface area contributed by atoms with Crippen LogP contribution in [0.2, 0.25) is 0 Å². The monoisotopic (exact) mass is 291 g/mol. The molecule has 0 spiro atoms. The van der Waals surface area contributed by atoms with Crippen LogP contribution in [-0.2, 0) is 4.74 Å². The Kier molecular flexibility index (Phi) is 6.87. The Bertz CT molecular complexity index is 665. The predicted molar refractivity (Wildman–Crippen MR) is 94.0 cm³/mol. The van der Waals surface area contributed by atoms with Crippen LogP contribution in [0.1, 0.15) is 5.56 Å². The molecule has 1 aromatic carbocycles. The smallest absolute Gasteiger partial charge is 0.106 e. The lowest BCUT2D eigenvalue weighted by Gasteiger charge is -1.98. The summed E-state index contributed by atoms with van der Waals surface area (Å²) in [5.41, 5.74) is 1.90. The molecule has 0 atom stereocenters. The highest BCUT2D eigenvalue weighted by molar-refractivity contribution is 5.82. The van der Waals surface area contributed by atoms with E-state index in [4.69, 9.17) is 4.74 Å². The third kappa shape index (κ3) is 5.96. The summed E-state index contributed by atoms with van der Waals surface area (Å²) in [6.45, 7) is 0.474. The van der Waals surface area contributed by atoms with Gasteiger partial charge in [0.1, 0.15) is 12.9 Å². The van der Waals surface area contributed by atoms with Gasteiger partial charge in [0.25, 0.3) is 0 Å². The molecule has 0 fully saturated rings. The van der Waals surface area contributed by atoms with Crippen LogP contribution in [0.3, 0.4) is 0 Å². The molecule has 1 aliphatic heterocycles. The van der Waals surface area contributed by atoms with Crippen molar-refractivity contribution < 1.29 is 4.74 Å². The highest BCUT2D eigenvalue weighted by Gasteiger charge is 1.93. The SMILES string of the molecule is C1=CC=NC=Cc2ccccc2N=CC=CCOC=CN=C1. The second-order valence-electron chi connectivity index (χ2n) is 4.18. The summed E-state index contributed by atoms with van der Waals surface area (Å²) in [7, 11) is 0. The molecule has 0 saturated carbocycles. The minimum Gasteiger partial charge on any atom is -0.496 e. The van der Waals surface area contributed by atoms with Gasteiger partial charge in [-0.3, -0.25) is 15.0 Å². The number of rotatable bonds is 0. The van der Waals surface area contributed by atoms with Crippen molar-refractivity contribution in [3.8, 4) is 0 Å². The van der Waals surface area contributed by atoms with Gasteiger partial charge < -0.3 is 4.74 Å². The summed E-state index contributed by atoms with van der Waals surface area (Å²) in [5.74, 6) is 0. The lowest BCUT2D eigenvalue weighted by Crippen LogP contribution is -1.81. The number of allylic oxidation sites excluding steroid dienone is 3. The van der Waals surface area contributed by atoms with E-state index in [9.17, 15) is 0 Å². The molecule has 0 saturated heterocycles. The van der Waals surface area contributed by atoms with E-state index in [-0.39, 0.29) is 0 Å². The van der Waals surface area contributed by atoms with Gasteiger partial charge in [-0.25, -0.2) is 0 Å². The third-order valence-corrected chi connectivity index (χ3v) is 2.60. The van der Waals surface area contributed by atoms with Crippen molar-refractivity contribution in [2.45, 2.75) is 0 Å². The predicted octanol–water partition coefficient (Wildman–Crippen LogP) is 4.12. The van der Waals surface area contributed by atoms with Gasteiger partial charge in [-0.05, 0) is 36.4 Å². The zero-order chi connectivity index (χ0) is 15.3. The van der Waals surface area contributed by atoms with Crippen molar-refractivity contribution in [1.82, 2.24) is 0 Å². The number of aliphatic imine (C=N–C) groups is 3. The molecule has 1 aromatic rings. The average Bonchev–Trinajstić information content (AvgIpc) is 2.55. The van der Waals surface area contributed by atoms with Gasteiger partial charge in [-0.2, -0.15) is 0 Å². The van der Waals surface area contributed by atoms with E-state index in [1.54, 1.807) is 49.5 Å². The standard InChI is InChI=1S/C18H17N3O/c1-2-8-18-17(7-1)9-13-19-10-3-4-11-20-14-16-22-15-6-5-12-21-18/h1-14,16H,15H2. The molecule has 22 heavy (non-hydrogen) atoms. The van der Waals surface area contributed by atoms with Crippen molar-refractivity contribution >= 4 is 30.4 Å². The van der Waals surface area contributed by atoms with Crippen LogP contribution in [0.5, 0.6) is 0 Å². The van der Waals surface area contributed by atoms with Crippen LogP contribution in [0, 0.1) is 0 Å². The first-order valence-corrected chi connectivity index (χ1v) is 6.90. The topological polar surface area (TPSA) is 46.3 Å². The summed E-state index contributed by atoms with van der Waals surface area (Å²) in [6.07, 6.45) is 19.2. The minimum atomic E-state index is 0.474. The number of hydrogen-bond acceptors (Lipinski definition) is 4. The van der Waals surface area contributed by atoms with Gasteiger partial charge in [0.05, 0.1) is 11.9 Å². The summed E-state index contributed by atoms with van der Waals surface area (Å²) in [5, 5.41) is 0. The molecule has 0 unspecified atom stereocenters. The van der Waals surface area contributed by atoms with Crippen molar-refractivity contribution in [3.63, 3.8) is 0 Å². The highest BCUT2D eigenvalue weighted by Crippen LogP contribution is 2.19. The number of para-hydroxylation sites is 1. The van der Waals surface area contributed by atoms with Crippen LogP contribution in [-0.4, -0.2) is 25.3 Å². The summed E-state index contributed by atoms with van der Waals surface area (Å²) in [6, 6.07) is 7.89. The lowest BCUT2D eigenvalue weighted by molar-refractivity contribution is 0.289. The second kappa shape index (κ2) is 9.83. The van der Waals surface area contributed by atoms with Crippen molar-refractivity contribution in [2.24, 2.45) is 15.0 Å². The van der Waals surface area contributed by atoms with Crippen LogP contribution in [0.25, 0.3) is 6.08 Å². The number of fused-ring (bicyclic) bond motifs is 1. The Morgan fingerprint density at radius 3 is 2.59 bits per heavy atom. The number of ether oxygens (including phenoxy) is 1. The molecular weight excluding hydrogens is 274 g/mol. The van der Waals surface area contributed by atoms with E-state index >= 15 is 0 Å². The van der Waals surface area contributed by atoms with Crippen molar-refractivity contribution in [3.05, 3.63) is 72.8 Å². The zero-order valence-electron chi connectivity index (χ0n) is 12.1. The van der Waals surface area contributed by atoms with Gasteiger partial charge in [-0.1, -0.05) is 18.2 Å². The maximum absolute atomic E-state index is 5.24. The Morgan fingerprint density at radius 2 is 1.68 bits per heavy atom. The minimum absolute atomic E-state index is 0.474.